The molecule has 0 radical (unpaired) electrons. The topological polar surface area (TPSA) is 70.5 Å². The first-order valence-electron chi connectivity index (χ1n) is 7.73. The third kappa shape index (κ3) is 3.11. The Morgan fingerprint density at radius 2 is 2.00 bits per heavy atom. The lowest BCUT2D eigenvalue weighted by atomic mass is 9.92. The van der Waals surface area contributed by atoms with Crippen molar-refractivity contribution in [3.8, 4) is 5.75 Å². The van der Waals surface area contributed by atoms with Crippen LogP contribution in [0.25, 0.3) is 0 Å². The number of nitrogens with one attached hydrogen (secondary N) is 1. The van der Waals surface area contributed by atoms with Gasteiger partial charge in [-0.05, 0) is 37.8 Å². The second-order valence-corrected chi connectivity index (χ2v) is 8.56. The van der Waals surface area contributed by atoms with Crippen LogP contribution in [0.2, 0.25) is 0 Å². The number of rotatable bonds is 3. The van der Waals surface area contributed by atoms with Gasteiger partial charge in [-0.15, -0.1) is 0 Å². The van der Waals surface area contributed by atoms with E-state index in [1.165, 1.54) is 0 Å². The lowest BCUT2D eigenvalue weighted by molar-refractivity contribution is -0.137. The van der Waals surface area contributed by atoms with E-state index in [1.807, 2.05) is 35.2 Å². The van der Waals surface area contributed by atoms with Gasteiger partial charge in [0, 0.05) is 22.0 Å². The Hall–Kier alpha value is -1.56. The number of amides is 1. The molecular weight excluding hydrogens is 300 g/mol. The Balaban J connectivity index is 1.69. The standard InChI is InChI=1S/C16H22N2O3S/c17-22(20)11-5-9-16(13-22)8-4-10-18(16)15(19)12-21-14-6-2-1-3-7-14/h1-3,6-7,17H,4-5,8-13H2. The van der Waals surface area contributed by atoms with Crippen LogP contribution in [0, 0.1) is 4.78 Å². The summed E-state index contributed by atoms with van der Waals surface area (Å²) in [4.78, 5) is 14.4. The van der Waals surface area contributed by atoms with Crippen molar-refractivity contribution in [2.75, 3.05) is 24.7 Å². The van der Waals surface area contributed by atoms with Gasteiger partial charge in [-0.1, -0.05) is 18.2 Å². The SMILES string of the molecule is N=S1(=O)CCCC2(CCCN2C(=O)COc2ccccc2)C1. The molecule has 2 unspecified atom stereocenters. The zero-order chi connectivity index (χ0) is 15.6. The lowest BCUT2D eigenvalue weighted by Gasteiger charge is -2.42. The molecule has 1 N–H and O–H groups in total. The number of carbonyl (C=O) groups is 1. The highest BCUT2D eigenvalue weighted by Crippen LogP contribution is 2.38. The van der Waals surface area contributed by atoms with Crippen LogP contribution in [0.4, 0.5) is 0 Å². The summed E-state index contributed by atoms with van der Waals surface area (Å²) in [7, 11) is -2.54. The van der Waals surface area contributed by atoms with Crippen LogP contribution in [-0.2, 0) is 14.5 Å². The van der Waals surface area contributed by atoms with Gasteiger partial charge in [-0.3, -0.25) is 9.57 Å². The van der Waals surface area contributed by atoms with Crippen molar-refractivity contribution >= 4 is 15.6 Å². The number of para-hydroxylation sites is 1. The number of nitrogens with zero attached hydrogens (tertiary/aromatic N) is 1. The molecule has 1 amide bonds. The van der Waals surface area contributed by atoms with Gasteiger partial charge in [0.2, 0.25) is 0 Å². The lowest BCUT2D eigenvalue weighted by Crippen LogP contribution is -2.55. The molecule has 0 bridgehead atoms. The highest BCUT2D eigenvalue weighted by molar-refractivity contribution is 7.92. The van der Waals surface area contributed by atoms with E-state index in [0.717, 1.165) is 25.7 Å². The van der Waals surface area contributed by atoms with Crippen LogP contribution < -0.4 is 4.74 Å². The van der Waals surface area contributed by atoms with E-state index in [9.17, 15) is 9.00 Å². The molecule has 2 saturated heterocycles. The number of likely N-dealkylation sites (tertiary alicyclic amines) is 1. The van der Waals surface area contributed by atoms with Crippen LogP contribution in [0.5, 0.6) is 5.75 Å². The van der Waals surface area contributed by atoms with E-state index in [0.29, 0.717) is 23.8 Å². The van der Waals surface area contributed by atoms with Crippen LogP contribution >= 0.6 is 0 Å². The van der Waals surface area contributed by atoms with E-state index < -0.39 is 9.73 Å². The summed E-state index contributed by atoms with van der Waals surface area (Å²) in [6.07, 6.45) is 3.41. The molecule has 2 fully saturated rings. The second kappa shape index (κ2) is 5.91. The number of hydrogen-bond donors (Lipinski definition) is 1. The second-order valence-electron chi connectivity index (χ2n) is 6.24. The predicted octanol–water partition coefficient (Wildman–Crippen LogP) is 2.27. The highest BCUT2D eigenvalue weighted by atomic mass is 32.2. The van der Waals surface area contributed by atoms with E-state index in [2.05, 4.69) is 0 Å². The largest absolute Gasteiger partial charge is 0.484 e. The van der Waals surface area contributed by atoms with Crippen molar-refractivity contribution in [1.82, 2.24) is 4.90 Å². The van der Waals surface area contributed by atoms with Gasteiger partial charge in [0.1, 0.15) is 5.75 Å². The molecule has 2 atom stereocenters. The van der Waals surface area contributed by atoms with Gasteiger partial charge in [0.05, 0.1) is 11.3 Å². The summed E-state index contributed by atoms with van der Waals surface area (Å²) >= 11 is 0. The molecule has 0 saturated carbocycles. The van der Waals surface area contributed by atoms with Crippen LogP contribution in [-0.4, -0.2) is 45.2 Å². The predicted molar refractivity (Wildman–Crippen MR) is 85.4 cm³/mol. The Morgan fingerprint density at radius 1 is 1.27 bits per heavy atom. The van der Waals surface area contributed by atoms with Gasteiger partial charge < -0.3 is 9.64 Å². The summed E-state index contributed by atoms with van der Waals surface area (Å²) in [6, 6.07) is 9.28. The molecule has 1 aromatic rings. The van der Waals surface area contributed by atoms with E-state index >= 15 is 0 Å². The summed E-state index contributed by atoms with van der Waals surface area (Å²) in [5.74, 6) is 1.42. The van der Waals surface area contributed by atoms with Gasteiger partial charge in [-0.25, -0.2) is 4.21 Å². The molecule has 0 aromatic heterocycles. The number of hydrogen-bond acceptors (Lipinski definition) is 4. The normalized spacial score (nSPS) is 31.4. The van der Waals surface area contributed by atoms with E-state index in [4.69, 9.17) is 9.52 Å². The monoisotopic (exact) mass is 322 g/mol. The van der Waals surface area contributed by atoms with Crippen molar-refractivity contribution in [2.45, 2.75) is 31.2 Å². The Bertz CT molecular complexity index is 645. The smallest absolute Gasteiger partial charge is 0.260 e. The van der Waals surface area contributed by atoms with Crippen LogP contribution in [0.15, 0.2) is 30.3 Å². The molecule has 3 rings (SSSR count). The van der Waals surface area contributed by atoms with Gasteiger partial charge in [-0.2, -0.15) is 0 Å². The molecular formula is C16H22N2O3S. The molecule has 2 aliphatic rings. The molecule has 2 heterocycles. The molecule has 0 aliphatic carbocycles. The first-order valence-corrected chi connectivity index (χ1v) is 9.63. The number of ether oxygens (including phenoxy) is 1. The molecule has 2 aliphatic heterocycles. The van der Waals surface area contributed by atoms with Crippen LogP contribution in [0.1, 0.15) is 25.7 Å². The van der Waals surface area contributed by atoms with Crippen molar-refractivity contribution in [1.29, 1.82) is 4.78 Å². The minimum atomic E-state index is -2.54. The van der Waals surface area contributed by atoms with Gasteiger partial charge in [0.25, 0.3) is 5.91 Å². The quantitative estimate of drug-likeness (QED) is 0.928. The first-order chi connectivity index (χ1) is 10.5. The van der Waals surface area contributed by atoms with Gasteiger partial charge >= 0.3 is 0 Å². The molecule has 1 aromatic carbocycles. The third-order valence-corrected chi connectivity index (χ3v) is 6.57. The van der Waals surface area contributed by atoms with E-state index in [1.54, 1.807) is 0 Å². The Morgan fingerprint density at radius 3 is 2.73 bits per heavy atom. The minimum absolute atomic E-state index is 0.00491. The molecule has 1 spiro atoms. The summed E-state index contributed by atoms with van der Waals surface area (Å²) < 4.78 is 25.7. The average Bonchev–Trinajstić information content (AvgIpc) is 2.87. The van der Waals surface area contributed by atoms with Crippen molar-refractivity contribution in [3.63, 3.8) is 0 Å². The maximum absolute atomic E-state index is 12.6. The number of carbonyl (C=O) groups excluding carboxylic acids is 1. The van der Waals surface area contributed by atoms with E-state index in [-0.39, 0.29) is 18.1 Å². The van der Waals surface area contributed by atoms with Crippen molar-refractivity contribution < 1.29 is 13.7 Å². The third-order valence-electron chi connectivity index (χ3n) is 4.62. The fourth-order valence-electron chi connectivity index (χ4n) is 3.69. The highest BCUT2D eigenvalue weighted by Gasteiger charge is 2.47. The first kappa shape index (κ1) is 15.3. The summed E-state index contributed by atoms with van der Waals surface area (Å²) in [5, 5.41) is 0. The summed E-state index contributed by atoms with van der Waals surface area (Å²) in [6.45, 7) is 0.692. The number of benzene rings is 1. The molecule has 6 heteroatoms. The zero-order valence-corrected chi connectivity index (χ0v) is 13.4. The maximum Gasteiger partial charge on any atom is 0.260 e. The fraction of sp³-hybridized carbons (Fsp3) is 0.562. The minimum Gasteiger partial charge on any atom is -0.484 e. The summed E-state index contributed by atoms with van der Waals surface area (Å²) in [5.41, 5.74) is -0.367. The molecule has 5 nitrogen and oxygen atoms in total. The molecule has 22 heavy (non-hydrogen) atoms. The van der Waals surface area contributed by atoms with Crippen molar-refractivity contribution in [2.24, 2.45) is 0 Å². The maximum atomic E-state index is 12.6. The zero-order valence-electron chi connectivity index (χ0n) is 12.6. The van der Waals surface area contributed by atoms with Crippen molar-refractivity contribution in [3.05, 3.63) is 30.3 Å². The average molecular weight is 322 g/mol. The fourth-order valence-corrected chi connectivity index (χ4v) is 5.76. The Kier molecular flexibility index (Phi) is 4.12. The molecule has 120 valence electrons. The van der Waals surface area contributed by atoms with Crippen LogP contribution in [0.3, 0.4) is 0 Å². The van der Waals surface area contributed by atoms with Gasteiger partial charge in [0.15, 0.2) is 6.61 Å². The Labute approximate surface area is 131 Å².